The molecule has 5 nitrogen and oxygen atoms in total. The number of carbonyl (C=O) groups is 2. The van der Waals surface area contributed by atoms with Crippen LogP contribution in [0.5, 0.6) is 0 Å². The maximum absolute atomic E-state index is 12.5. The first-order chi connectivity index (χ1) is 14.1. The average Bonchev–Trinajstić information content (AvgIpc) is 3.44. The zero-order valence-electron chi connectivity index (χ0n) is 16.3. The van der Waals surface area contributed by atoms with Gasteiger partial charge in [-0.3, -0.25) is 9.59 Å². The van der Waals surface area contributed by atoms with Crippen LogP contribution in [-0.2, 0) is 17.8 Å². The standard InChI is InChI=1S/C22H23N3O2S2/c1-15-24-19(14-28-15)20-8-7-18(29-20)9-10-23-22(27)17-5-2-4-16(12-17)13-25-11-3-6-21(25)26/h2,4-5,7-8,12,14H,3,6,9-11,13H2,1H3,(H,23,27). The van der Waals surface area contributed by atoms with Crippen molar-refractivity contribution in [1.29, 1.82) is 0 Å². The predicted octanol–water partition coefficient (Wildman–Crippen LogP) is 4.27. The summed E-state index contributed by atoms with van der Waals surface area (Å²) in [7, 11) is 0. The molecule has 1 aliphatic rings. The summed E-state index contributed by atoms with van der Waals surface area (Å²) in [6.07, 6.45) is 2.35. The molecule has 0 bridgehead atoms. The van der Waals surface area contributed by atoms with Crippen molar-refractivity contribution >= 4 is 34.5 Å². The Morgan fingerprint density at radius 1 is 1.28 bits per heavy atom. The van der Waals surface area contributed by atoms with Crippen LogP contribution in [0.1, 0.15) is 38.6 Å². The van der Waals surface area contributed by atoms with Gasteiger partial charge in [0.25, 0.3) is 5.91 Å². The van der Waals surface area contributed by atoms with Gasteiger partial charge in [-0.1, -0.05) is 12.1 Å². The molecule has 0 saturated carbocycles. The number of amides is 2. The van der Waals surface area contributed by atoms with Crippen molar-refractivity contribution in [2.75, 3.05) is 13.1 Å². The van der Waals surface area contributed by atoms with Crippen LogP contribution >= 0.6 is 22.7 Å². The second-order valence-electron chi connectivity index (χ2n) is 7.14. The molecular weight excluding hydrogens is 402 g/mol. The number of carbonyl (C=O) groups excluding carboxylic acids is 2. The van der Waals surface area contributed by atoms with E-state index in [1.165, 1.54) is 9.75 Å². The fourth-order valence-corrected chi connectivity index (χ4v) is 5.09. The summed E-state index contributed by atoms with van der Waals surface area (Å²) < 4.78 is 0. The van der Waals surface area contributed by atoms with Crippen LogP contribution in [0.4, 0.5) is 0 Å². The molecule has 3 heterocycles. The first-order valence-electron chi connectivity index (χ1n) is 9.74. The van der Waals surface area contributed by atoms with E-state index in [4.69, 9.17) is 0 Å². The molecule has 2 amide bonds. The predicted molar refractivity (Wildman–Crippen MR) is 117 cm³/mol. The van der Waals surface area contributed by atoms with E-state index in [-0.39, 0.29) is 11.8 Å². The van der Waals surface area contributed by atoms with Crippen molar-refractivity contribution in [3.63, 3.8) is 0 Å². The quantitative estimate of drug-likeness (QED) is 0.615. The number of hydrogen-bond donors (Lipinski definition) is 1. The third-order valence-electron chi connectivity index (χ3n) is 4.92. The highest BCUT2D eigenvalue weighted by atomic mass is 32.1. The molecule has 1 aliphatic heterocycles. The molecule has 0 spiro atoms. The largest absolute Gasteiger partial charge is 0.352 e. The van der Waals surface area contributed by atoms with Crippen LogP contribution in [0.3, 0.4) is 0 Å². The second-order valence-corrected chi connectivity index (χ2v) is 9.37. The lowest BCUT2D eigenvalue weighted by atomic mass is 10.1. The Bertz CT molecular complexity index is 1020. The van der Waals surface area contributed by atoms with Gasteiger partial charge in [0.15, 0.2) is 0 Å². The van der Waals surface area contributed by atoms with Gasteiger partial charge in [-0.05, 0) is 49.6 Å². The molecular formula is C22H23N3O2S2. The van der Waals surface area contributed by atoms with Crippen LogP contribution in [0, 0.1) is 6.92 Å². The van der Waals surface area contributed by atoms with Crippen molar-refractivity contribution in [1.82, 2.24) is 15.2 Å². The summed E-state index contributed by atoms with van der Waals surface area (Å²) in [6.45, 7) is 3.98. The van der Waals surface area contributed by atoms with Crippen molar-refractivity contribution in [3.05, 3.63) is 62.8 Å². The zero-order valence-corrected chi connectivity index (χ0v) is 17.9. The first-order valence-corrected chi connectivity index (χ1v) is 11.4. The van der Waals surface area contributed by atoms with Gasteiger partial charge in [0.2, 0.25) is 5.91 Å². The number of nitrogens with one attached hydrogen (secondary N) is 1. The van der Waals surface area contributed by atoms with Crippen molar-refractivity contribution in [2.24, 2.45) is 0 Å². The molecule has 1 fully saturated rings. The molecule has 0 unspecified atom stereocenters. The Morgan fingerprint density at radius 2 is 2.17 bits per heavy atom. The van der Waals surface area contributed by atoms with Crippen molar-refractivity contribution < 1.29 is 9.59 Å². The fraction of sp³-hybridized carbons (Fsp3) is 0.318. The Morgan fingerprint density at radius 3 is 2.93 bits per heavy atom. The number of thiophene rings is 1. The van der Waals surface area contributed by atoms with E-state index in [0.29, 0.717) is 25.1 Å². The lowest BCUT2D eigenvalue weighted by Crippen LogP contribution is -2.26. The van der Waals surface area contributed by atoms with E-state index in [1.807, 2.05) is 36.1 Å². The van der Waals surface area contributed by atoms with E-state index in [2.05, 4.69) is 27.8 Å². The Balaban J connectivity index is 1.30. The highest BCUT2D eigenvalue weighted by molar-refractivity contribution is 7.16. The van der Waals surface area contributed by atoms with Gasteiger partial charge in [-0.15, -0.1) is 22.7 Å². The van der Waals surface area contributed by atoms with Crippen molar-refractivity contribution in [2.45, 2.75) is 32.7 Å². The number of hydrogen-bond acceptors (Lipinski definition) is 5. The monoisotopic (exact) mass is 425 g/mol. The third kappa shape index (κ3) is 4.92. The molecule has 4 rings (SSSR count). The Labute approximate surface area is 178 Å². The number of nitrogens with zero attached hydrogens (tertiary/aromatic N) is 2. The average molecular weight is 426 g/mol. The van der Waals surface area contributed by atoms with Gasteiger partial charge in [0.05, 0.1) is 15.6 Å². The van der Waals surface area contributed by atoms with E-state index in [0.717, 1.165) is 35.7 Å². The van der Waals surface area contributed by atoms with E-state index >= 15 is 0 Å². The second kappa shape index (κ2) is 8.88. The summed E-state index contributed by atoms with van der Waals surface area (Å²) in [6, 6.07) is 11.8. The van der Waals surface area contributed by atoms with Gasteiger partial charge < -0.3 is 10.2 Å². The van der Waals surface area contributed by atoms with Crippen LogP contribution in [0.25, 0.3) is 10.6 Å². The minimum absolute atomic E-state index is 0.0773. The summed E-state index contributed by atoms with van der Waals surface area (Å²) in [5.41, 5.74) is 2.66. The van der Waals surface area contributed by atoms with E-state index in [9.17, 15) is 9.59 Å². The lowest BCUT2D eigenvalue weighted by molar-refractivity contribution is -0.128. The Hall–Kier alpha value is -2.51. The number of likely N-dealkylation sites (tertiary alicyclic amines) is 1. The van der Waals surface area contributed by atoms with Gasteiger partial charge in [0.1, 0.15) is 0 Å². The number of rotatable bonds is 7. The lowest BCUT2D eigenvalue weighted by Gasteiger charge is -2.16. The molecule has 1 N–H and O–H groups in total. The van der Waals surface area contributed by atoms with E-state index in [1.54, 1.807) is 22.7 Å². The van der Waals surface area contributed by atoms with Gasteiger partial charge in [-0.25, -0.2) is 4.98 Å². The fourth-order valence-electron chi connectivity index (χ4n) is 3.43. The molecule has 1 saturated heterocycles. The maximum atomic E-state index is 12.5. The minimum atomic E-state index is -0.0773. The SMILES string of the molecule is Cc1nc(-c2ccc(CCNC(=O)c3cccc(CN4CCCC4=O)c3)s2)cs1. The highest BCUT2D eigenvalue weighted by Crippen LogP contribution is 2.29. The highest BCUT2D eigenvalue weighted by Gasteiger charge is 2.20. The summed E-state index contributed by atoms with van der Waals surface area (Å²) in [5.74, 6) is 0.120. The third-order valence-corrected chi connectivity index (χ3v) is 6.87. The summed E-state index contributed by atoms with van der Waals surface area (Å²) in [5, 5.41) is 6.15. The van der Waals surface area contributed by atoms with Crippen molar-refractivity contribution in [3.8, 4) is 10.6 Å². The summed E-state index contributed by atoms with van der Waals surface area (Å²) >= 11 is 3.38. The molecule has 29 heavy (non-hydrogen) atoms. The number of aryl methyl sites for hydroxylation is 1. The molecule has 2 aromatic heterocycles. The molecule has 150 valence electrons. The molecule has 0 aliphatic carbocycles. The molecule has 1 aromatic carbocycles. The number of thiazole rings is 1. The smallest absolute Gasteiger partial charge is 0.251 e. The Kier molecular flexibility index (Phi) is 6.06. The molecule has 3 aromatic rings. The number of benzene rings is 1. The minimum Gasteiger partial charge on any atom is -0.352 e. The van der Waals surface area contributed by atoms with Gasteiger partial charge in [0, 0.05) is 41.9 Å². The maximum Gasteiger partial charge on any atom is 0.251 e. The molecule has 0 atom stereocenters. The first kappa shape index (κ1) is 19.8. The van der Waals surface area contributed by atoms with E-state index < -0.39 is 0 Å². The molecule has 0 radical (unpaired) electrons. The normalized spacial score (nSPS) is 13.8. The van der Waals surface area contributed by atoms with Gasteiger partial charge >= 0.3 is 0 Å². The number of aromatic nitrogens is 1. The van der Waals surface area contributed by atoms with Crippen LogP contribution in [-0.4, -0.2) is 34.8 Å². The zero-order chi connectivity index (χ0) is 20.2. The van der Waals surface area contributed by atoms with Crippen LogP contribution in [0.2, 0.25) is 0 Å². The summed E-state index contributed by atoms with van der Waals surface area (Å²) in [4.78, 5) is 33.1. The topological polar surface area (TPSA) is 62.3 Å². The van der Waals surface area contributed by atoms with Gasteiger partial charge in [-0.2, -0.15) is 0 Å². The van der Waals surface area contributed by atoms with Crippen LogP contribution < -0.4 is 5.32 Å². The molecule has 7 heteroatoms. The van der Waals surface area contributed by atoms with Crippen LogP contribution in [0.15, 0.2) is 41.8 Å².